The van der Waals surface area contributed by atoms with Crippen LogP contribution in [0.3, 0.4) is 0 Å². The third kappa shape index (κ3) is 61.1. The van der Waals surface area contributed by atoms with Gasteiger partial charge in [-0.2, -0.15) is 0 Å². The predicted molar refractivity (Wildman–Crippen MR) is 334 cm³/mol. The summed E-state index contributed by atoms with van der Waals surface area (Å²) in [6.07, 6.45) is 85.0. The van der Waals surface area contributed by atoms with Crippen LogP contribution in [0.4, 0.5) is 0 Å². The van der Waals surface area contributed by atoms with Crippen LogP contribution in [0, 0.1) is 0 Å². The highest BCUT2D eigenvalue weighted by Gasteiger charge is 2.27. The van der Waals surface area contributed by atoms with Gasteiger partial charge in [0.05, 0.1) is 27.7 Å². The third-order valence-electron chi connectivity index (χ3n) is 12.4. The van der Waals surface area contributed by atoms with Gasteiger partial charge >= 0.3 is 19.8 Å². The SMILES string of the molecule is CC/C=C\C/C=C\C/C=C\C/C=C\C/C=C\C/C=C\C/C=C\C/C=C\CCCCCCCCCCCCCCC(=O)OC(COC(=O)CCCCCC/C=C\C/C=C\C/C=C\C/C=C\CC)COP(=O)(O)OCC[N+](C)(C)C. The summed E-state index contributed by atoms with van der Waals surface area (Å²) in [5.41, 5.74) is 0. The van der Waals surface area contributed by atoms with Gasteiger partial charge in [-0.05, 0) is 116 Å². The molecule has 0 aliphatic rings. The number of phosphoric ester groups is 1. The first kappa shape index (κ1) is 73.9. The van der Waals surface area contributed by atoms with E-state index in [1.54, 1.807) is 0 Å². The molecule has 0 fully saturated rings. The Bertz CT molecular complexity index is 1820. The standard InChI is InChI=1S/C68H112NO8P/c1-6-8-10-12-14-16-18-20-22-24-25-26-27-28-29-30-31-32-33-34-35-36-37-38-39-40-41-42-43-45-47-49-51-53-55-57-59-61-68(71)77-66(65-76-78(72,73)75-63-62-69(3,4)5)64-74-67(70)60-58-56-54-52-50-48-46-44-23-21-19-17-15-13-11-9-7-2/h8-11,14-17,20-23,25-26,28-29,31-32,34-35,37-38,46,48,66H,6-7,12-13,18-19,24,27,30,33,36,39-45,47,49-65H2,1-5H3/p+1/b10-8-,11-9-,16-14-,17-15-,22-20-,23-21-,26-25-,29-28-,32-31-,35-34-,38-37-,48-46-. The van der Waals surface area contributed by atoms with Crippen molar-refractivity contribution in [2.75, 3.05) is 47.5 Å². The zero-order valence-corrected chi connectivity index (χ0v) is 51.0. The number of carbonyl (C=O) groups excluding carboxylic acids is 2. The van der Waals surface area contributed by atoms with Crippen molar-refractivity contribution in [2.24, 2.45) is 0 Å². The summed E-state index contributed by atoms with van der Waals surface area (Å²) in [6.45, 7) is 4.16. The molecule has 9 nitrogen and oxygen atoms in total. The van der Waals surface area contributed by atoms with Gasteiger partial charge in [-0.15, -0.1) is 0 Å². The van der Waals surface area contributed by atoms with E-state index in [9.17, 15) is 19.0 Å². The van der Waals surface area contributed by atoms with Gasteiger partial charge in [0.2, 0.25) is 0 Å². The first-order chi connectivity index (χ1) is 38.0. The number of nitrogens with zero attached hydrogens (tertiary/aromatic N) is 1. The second-order valence-electron chi connectivity index (χ2n) is 21.0. The van der Waals surface area contributed by atoms with Crippen LogP contribution < -0.4 is 0 Å². The Hall–Kier alpha value is -4.11. The molecule has 0 aliphatic heterocycles. The van der Waals surface area contributed by atoms with Crippen molar-refractivity contribution in [3.63, 3.8) is 0 Å². The minimum absolute atomic E-state index is 0.0198. The molecular formula is C68H113NO8P+. The van der Waals surface area contributed by atoms with Gasteiger partial charge in [-0.3, -0.25) is 18.6 Å². The summed E-state index contributed by atoms with van der Waals surface area (Å²) >= 11 is 0. The van der Waals surface area contributed by atoms with Crippen LogP contribution in [0.1, 0.15) is 219 Å². The summed E-state index contributed by atoms with van der Waals surface area (Å²) in [7, 11) is 1.44. The smallest absolute Gasteiger partial charge is 0.462 e. The molecule has 0 aromatic rings. The van der Waals surface area contributed by atoms with E-state index in [0.29, 0.717) is 23.9 Å². The van der Waals surface area contributed by atoms with Crippen molar-refractivity contribution in [2.45, 2.75) is 225 Å². The van der Waals surface area contributed by atoms with E-state index in [4.69, 9.17) is 18.5 Å². The fourth-order valence-corrected chi connectivity index (χ4v) is 8.47. The fourth-order valence-electron chi connectivity index (χ4n) is 7.73. The van der Waals surface area contributed by atoms with Gasteiger partial charge in [0.1, 0.15) is 19.8 Å². The van der Waals surface area contributed by atoms with Crippen LogP contribution in [-0.2, 0) is 32.7 Å². The number of ether oxygens (including phenoxy) is 2. The quantitative estimate of drug-likeness (QED) is 0.0211. The number of rotatable bonds is 54. The van der Waals surface area contributed by atoms with Crippen LogP contribution in [0.5, 0.6) is 0 Å². The molecule has 0 saturated heterocycles. The van der Waals surface area contributed by atoms with Crippen molar-refractivity contribution < 1.29 is 42.1 Å². The van der Waals surface area contributed by atoms with Crippen LogP contribution in [0.25, 0.3) is 0 Å². The number of unbranched alkanes of at least 4 members (excludes halogenated alkanes) is 16. The molecule has 0 radical (unpaired) electrons. The molecule has 442 valence electrons. The lowest BCUT2D eigenvalue weighted by molar-refractivity contribution is -0.870. The Balaban J connectivity index is 4.13. The molecule has 0 aliphatic carbocycles. The van der Waals surface area contributed by atoms with E-state index in [-0.39, 0.29) is 26.1 Å². The molecule has 0 amide bonds. The molecular weight excluding hydrogens is 990 g/mol. The number of phosphoric acid groups is 1. The van der Waals surface area contributed by atoms with Crippen molar-refractivity contribution in [3.05, 3.63) is 146 Å². The van der Waals surface area contributed by atoms with E-state index in [2.05, 4.69) is 160 Å². The van der Waals surface area contributed by atoms with E-state index >= 15 is 0 Å². The summed E-state index contributed by atoms with van der Waals surface area (Å²) in [6, 6.07) is 0. The van der Waals surface area contributed by atoms with Crippen molar-refractivity contribution in [1.82, 2.24) is 0 Å². The van der Waals surface area contributed by atoms with Crippen LogP contribution in [0.15, 0.2) is 146 Å². The molecule has 0 spiro atoms. The average Bonchev–Trinajstić information content (AvgIpc) is 3.41. The van der Waals surface area contributed by atoms with Crippen molar-refractivity contribution in [1.29, 1.82) is 0 Å². The maximum atomic E-state index is 12.8. The number of quaternary nitrogens is 1. The summed E-state index contributed by atoms with van der Waals surface area (Å²) in [5.74, 6) is -0.836. The largest absolute Gasteiger partial charge is 0.472 e. The Morgan fingerprint density at radius 1 is 0.397 bits per heavy atom. The van der Waals surface area contributed by atoms with Gasteiger partial charge in [0.25, 0.3) is 0 Å². The van der Waals surface area contributed by atoms with Gasteiger partial charge in [0, 0.05) is 12.8 Å². The van der Waals surface area contributed by atoms with Gasteiger partial charge in [0.15, 0.2) is 6.10 Å². The predicted octanol–water partition coefficient (Wildman–Crippen LogP) is 19.5. The number of likely N-dealkylation sites (N-methyl/N-ethyl adjacent to an activating group) is 1. The van der Waals surface area contributed by atoms with E-state index < -0.39 is 32.5 Å². The van der Waals surface area contributed by atoms with Gasteiger partial charge < -0.3 is 18.9 Å². The highest BCUT2D eigenvalue weighted by molar-refractivity contribution is 7.47. The van der Waals surface area contributed by atoms with Crippen LogP contribution in [0.2, 0.25) is 0 Å². The lowest BCUT2D eigenvalue weighted by Gasteiger charge is -2.24. The van der Waals surface area contributed by atoms with Crippen LogP contribution >= 0.6 is 7.82 Å². The molecule has 2 unspecified atom stereocenters. The number of carbonyl (C=O) groups is 2. The summed E-state index contributed by atoms with van der Waals surface area (Å²) in [5, 5.41) is 0. The monoisotopic (exact) mass is 1100 g/mol. The first-order valence-corrected chi connectivity index (χ1v) is 32.1. The molecule has 2 atom stereocenters. The molecule has 0 saturated carbocycles. The highest BCUT2D eigenvalue weighted by atomic mass is 31.2. The second kappa shape index (κ2) is 57.6. The number of hydrogen-bond donors (Lipinski definition) is 1. The van der Waals surface area contributed by atoms with Crippen LogP contribution in [-0.4, -0.2) is 74.9 Å². The summed E-state index contributed by atoms with van der Waals surface area (Å²) < 4.78 is 34.5. The molecule has 0 aromatic carbocycles. The normalized spacial score (nSPS) is 14.3. The lowest BCUT2D eigenvalue weighted by atomic mass is 10.0. The molecule has 0 bridgehead atoms. The lowest BCUT2D eigenvalue weighted by Crippen LogP contribution is -2.37. The molecule has 0 rings (SSSR count). The first-order valence-electron chi connectivity index (χ1n) is 30.6. The summed E-state index contributed by atoms with van der Waals surface area (Å²) in [4.78, 5) is 35.7. The fraction of sp³-hybridized carbons (Fsp3) is 0.618. The minimum atomic E-state index is -4.40. The maximum absolute atomic E-state index is 12.8. The number of esters is 2. The average molecular weight is 1100 g/mol. The Labute approximate surface area is 478 Å². The topological polar surface area (TPSA) is 108 Å². The molecule has 0 heterocycles. The second-order valence-corrected chi connectivity index (χ2v) is 22.4. The van der Waals surface area contributed by atoms with Crippen molar-refractivity contribution in [3.8, 4) is 0 Å². The maximum Gasteiger partial charge on any atom is 0.472 e. The Morgan fingerprint density at radius 2 is 0.692 bits per heavy atom. The van der Waals surface area contributed by atoms with E-state index in [1.165, 1.54) is 57.8 Å². The number of hydrogen-bond acceptors (Lipinski definition) is 7. The highest BCUT2D eigenvalue weighted by Crippen LogP contribution is 2.43. The Morgan fingerprint density at radius 3 is 1.03 bits per heavy atom. The third-order valence-corrected chi connectivity index (χ3v) is 13.3. The molecule has 0 aromatic heterocycles. The van der Waals surface area contributed by atoms with E-state index in [1.807, 2.05) is 21.1 Å². The molecule has 1 N–H and O–H groups in total. The zero-order chi connectivity index (χ0) is 57.0. The van der Waals surface area contributed by atoms with Gasteiger partial charge in [-0.25, -0.2) is 4.57 Å². The van der Waals surface area contributed by atoms with Crippen molar-refractivity contribution >= 4 is 19.8 Å². The van der Waals surface area contributed by atoms with E-state index in [0.717, 1.165) is 122 Å². The number of allylic oxidation sites excluding steroid dienone is 24. The minimum Gasteiger partial charge on any atom is -0.462 e. The van der Waals surface area contributed by atoms with Gasteiger partial charge in [-0.1, -0.05) is 237 Å². The zero-order valence-electron chi connectivity index (χ0n) is 50.1. The molecule has 78 heavy (non-hydrogen) atoms. The molecule has 10 heteroatoms. The Kier molecular flexibility index (Phi) is 54.5.